The van der Waals surface area contributed by atoms with Crippen LogP contribution in [0.1, 0.15) is 16.8 Å². The molecule has 1 aliphatic rings. The Morgan fingerprint density at radius 2 is 1.87 bits per heavy atom. The van der Waals surface area contributed by atoms with E-state index in [4.69, 9.17) is 0 Å². The fourth-order valence-electron chi connectivity index (χ4n) is 3.07. The number of anilines is 1. The molecule has 160 valence electrons. The largest absolute Gasteiger partial charge is 0.350 e. The maximum Gasteiger partial charge on any atom is 0.242 e. The Balaban J connectivity index is 1.38. The van der Waals surface area contributed by atoms with Crippen LogP contribution < -0.4 is 10.6 Å². The zero-order chi connectivity index (χ0) is 21.6. The van der Waals surface area contributed by atoms with Gasteiger partial charge < -0.3 is 10.6 Å². The molecule has 0 saturated heterocycles. The van der Waals surface area contributed by atoms with Crippen molar-refractivity contribution in [3.8, 4) is 0 Å². The highest BCUT2D eigenvalue weighted by molar-refractivity contribution is 8.00. The van der Waals surface area contributed by atoms with Crippen LogP contribution in [0.3, 0.4) is 0 Å². The van der Waals surface area contributed by atoms with Crippen molar-refractivity contribution in [2.45, 2.75) is 29.5 Å². The molecule has 0 atom stereocenters. The lowest BCUT2D eigenvalue weighted by atomic mass is 10.2. The summed E-state index contributed by atoms with van der Waals surface area (Å²) in [7, 11) is 0. The molecule has 0 radical (unpaired) electrons. The van der Waals surface area contributed by atoms with Crippen molar-refractivity contribution >= 4 is 41.2 Å². The maximum absolute atomic E-state index is 13.0. The number of carbonyl (C=O) groups is 2. The molecule has 1 aliphatic heterocycles. The normalized spacial score (nSPS) is 12.4. The maximum atomic E-state index is 13.0. The van der Waals surface area contributed by atoms with Crippen molar-refractivity contribution in [3.63, 3.8) is 0 Å². The first-order valence-electron chi connectivity index (χ1n) is 9.58. The van der Waals surface area contributed by atoms with Gasteiger partial charge in [0.25, 0.3) is 0 Å². The Hall–Kier alpha value is -2.85. The standard InChI is InChI=1S/C21H20FN5O2S2/c22-15-3-1-14(2-4-15)9-24-19(28)10-27-21(17-11-30-12-18(17)26-27)25-20(29)13-31-16-5-7-23-8-6-16/h1-8H,9-13H2,(H,24,28)(H,25,29). The minimum atomic E-state index is -0.318. The summed E-state index contributed by atoms with van der Waals surface area (Å²) in [6.45, 7) is 0.284. The van der Waals surface area contributed by atoms with Crippen LogP contribution in [0.25, 0.3) is 0 Å². The molecule has 3 heterocycles. The van der Waals surface area contributed by atoms with Crippen molar-refractivity contribution in [1.82, 2.24) is 20.1 Å². The van der Waals surface area contributed by atoms with Crippen LogP contribution in [0.4, 0.5) is 10.2 Å². The smallest absolute Gasteiger partial charge is 0.242 e. The van der Waals surface area contributed by atoms with Gasteiger partial charge in [0.15, 0.2) is 0 Å². The quantitative estimate of drug-likeness (QED) is 0.505. The number of nitrogens with zero attached hydrogens (tertiary/aromatic N) is 3. The van der Waals surface area contributed by atoms with Gasteiger partial charge in [-0.15, -0.1) is 11.8 Å². The summed E-state index contributed by atoms with van der Waals surface area (Å²) in [5.41, 5.74) is 2.67. The number of carbonyl (C=O) groups excluding carboxylic acids is 2. The molecule has 2 N–H and O–H groups in total. The molecule has 7 nitrogen and oxygen atoms in total. The minimum Gasteiger partial charge on any atom is -0.350 e. The second kappa shape index (κ2) is 9.97. The summed E-state index contributed by atoms with van der Waals surface area (Å²) >= 11 is 3.14. The highest BCUT2D eigenvalue weighted by atomic mass is 32.2. The predicted molar refractivity (Wildman–Crippen MR) is 119 cm³/mol. The number of aromatic nitrogens is 3. The van der Waals surface area contributed by atoms with Crippen molar-refractivity contribution in [2.75, 3.05) is 11.1 Å². The van der Waals surface area contributed by atoms with Gasteiger partial charge in [-0.3, -0.25) is 14.6 Å². The summed E-state index contributed by atoms with van der Waals surface area (Å²) in [5, 5.41) is 10.3. The highest BCUT2D eigenvalue weighted by Crippen LogP contribution is 2.34. The van der Waals surface area contributed by atoms with Crippen molar-refractivity contribution in [2.24, 2.45) is 0 Å². The summed E-state index contributed by atoms with van der Waals surface area (Å²) in [5.74, 6) is 1.62. The lowest BCUT2D eigenvalue weighted by molar-refractivity contribution is -0.122. The second-order valence-electron chi connectivity index (χ2n) is 6.85. The average Bonchev–Trinajstić information content (AvgIpc) is 3.35. The van der Waals surface area contributed by atoms with E-state index in [0.29, 0.717) is 12.4 Å². The lowest BCUT2D eigenvalue weighted by Gasteiger charge is -2.11. The van der Waals surface area contributed by atoms with Crippen molar-refractivity contribution in [1.29, 1.82) is 0 Å². The molecule has 2 amide bonds. The molecule has 0 bridgehead atoms. The number of benzene rings is 1. The number of thioether (sulfide) groups is 2. The Bertz CT molecular complexity index is 1070. The molecule has 31 heavy (non-hydrogen) atoms. The van der Waals surface area contributed by atoms with Gasteiger partial charge in [0.1, 0.15) is 18.2 Å². The third-order valence-electron chi connectivity index (χ3n) is 4.59. The van der Waals surface area contributed by atoms with Gasteiger partial charge in [-0.1, -0.05) is 12.1 Å². The number of hydrogen-bond donors (Lipinski definition) is 2. The molecule has 0 fully saturated rings. The van der Waals surface area contributed by atoms with Crippen LogP contribution in [0.2, 0.25) is 0 Å². The first-order chi connectivity index (χ1) is 15.1. The fourth-order valence-corrected chi connectivity index (χ4v) is 4.79. The summed E-state index contributed by atoms with van der Waals surface area (Å²) in [4.78, 5) is 29.9. The van der Waals surface area contributed by atoms with Crippen LogP contribution in [-0.2, 0) is 34.2 Å². The zero-order valence-corrected chi connectivity index (χ0v) is 18.1. The van der Waals surface area contributed by atoms with Crippen molar-refractivity contribution < 1.29 is 14.0 Å². The van der Waals surface area contributed by atoms with Crippen LogP contribution in [-0.4, -0.2) is 32.3 Å². The van der Waals surface area contributed by atoms with Gasteiger partial charge >= 0.3 is 0 Å². The van der Waals surface area contributed by atoms with Gasteiger partial charge in [-0.2, -0.15) is 16.9 Å². The second-order valence-corrected chi connectivity index (χ2v) is 8.88. The Kier molecular flexibility index (Phi) is 6.88. The van der Waals surface area contributed by atoms with Gasteiger partial charge in [0.05, 0.1) is 11.4 Å². The zero-order valence-electron chi connectivity index (χ0n) is 16.5. The monoisotopic (exact) mass is 457 g/mol. The molecule has 0 spiro atoms. The molecule has 0 saturated carbocycles. The predicted octanol–water partition coefficient (Wildman–Crippen LogP) is 3.21. The average molecular weight is 458 g/mol. The molecule has 4 rings (SSSR count). The number of pyridine rings is 1. The Morgan fingerprint density at radius 3 is 2.65 bits per heavy atom. The topological polar surface area (TPSA) is 88.9 Å². The Morgan fingerprint density at radius 1 is 1.10 bits per heavy atom. The van der Waals surface area contributed by atoms with E-state index in [0.717, 1.165) is 33.2 Å². The van der Waals surface area contributed by atoms with E-state index in [-0.39, 0.29) is 29.9 Å². The SMILES string of the molecule is O=C(Cn1nc2c(c1NC(=O)CSc1ccncc1)CSC2)NCc1ccc(F)cc1. The van der Waals surface area contributed by atoms with Crippen molar-refractivity contribution in [3.05, 3.63) is 71.4 Å². The van der Waals surface area contributed by atoms with Gasteiger partial charge in [0.2, 0.25) is 11.8 Å². The van der Waals surface area contributed by atoms with Crippen LogP contribution in [0.5, 0.6) is 0 Å². The first-order valence-corrected chi connectivity index (χ1v) is 11.7. The van der Waals surface area contributed by atoms with Crippen LogP contribution in [0, 0.1) is 5.82 Å². The van der Waals surface area contributed by atoms with Gasteiger partial charge in [-0.25, -0.2) is 9.07 Å². The third kappa shape index (κ3) is 5.65. The van der Waals surface area contributed by atoms with E-state index in [1.807, 2.05) is 12.1 Å². The molecule has 3 aromatic rings. The fraction of sp³-hybridized carbons (Fsp3) is 0.238. The van der Waals surface area contributed by atoms with Crippen LogP contribution >= 0.6 is 23.5 Å². The molecule has 2 aromatic heterocycles. The lowest BCUT2D eigenvalue weighted by Crippen LogP contribution is -2.29. The minimum absolute atomic E-state index is 0.00796. The van der Waals surface area contributed by atoms with Crippen LogP contribution in [0.15, 0.2) is 53.7 Å². The third-order valence-corrected chi connectivity index (χ3v) is 6.58. The molecule has 0 aliphatic carbocycles. The van der Waals surface area contributed by atoms with E-state index in [1.165, 1.54) is 23.9 Å². The molecule has 10 heteroatoms. The van der Waals surface area contributed by atoms with E-state index in [2.05, 4.69) is 20.7 Å². The van der Waals surface area contributed by atoms with Gasteiger partial charge in [-0.05, 0) is 29.8 Å². The molecular weight excluding hydrogens is 437 g/mol. The van der Waals surface area contributed by atoms with E-state index in [1.54, 1.807) is 41.0 Å². The Labute approximate surface area is 187 Å². The summed E-state index contributed by atoms with van der Waals surface area (Å²) in [6.07, 6.45) is 3.37. The molecule has 0 unspecified atom stereocenters. The number of nitrogens with one attached hydrogen (secondary N) is 2. The number of amides is 2. The number of hydrogen-bond acceptors (Lipinski definition) is 6. The molecular formula is C21H20FN5O2S2. The van der Waals surface area contributed by atoms with Gasteiger partial charge in [0, 0.05) is 40.9 Å². The summed E-state index contributed by atoms with van der Waals surface area (Å²) in [6, 6.07) is 9.66. The molecule has 1 aromatic carbocycles. The number of fused-ring (bicyclic) bond motifs is 1. The van der Waals surface area contributed by atoms with E-state index < -0.39 is 0 Å². The summed E-state index contributed by atoms with van der Waals surface area (Å²) < 4.78 is 14.6. The van der Waals surface area contributed by atoms with E-state index >= 15 is 0 Å². The highest BCUT2D eigenvalue weighted by Gasteiger charge is 2.25. The number of rotatable bonds is 8. The first kappa shape index (κ1) is 21.4. The van der Waals surface area contributed by atoms with E-state index in [9.17, 15) is 14.0 Å². The number of halogens is 1.